The first-order valence-corrected chi connectivity index (χ1v) is 11.4. The zero-order valence-electron chi connectivity index (χ0n) is 17.9. The molecule has 1 saturated heterocycles. The van der Waals surface area contributed by atoms with Crippen molar-refractivity contribution in [3.8, 4) is 0 Å². The Kier molecular flexibility index (Phi) is 5.65. The van der Waals surface area contributed by atoms with Crippen LogP contribution in [-0.4, -0.2) is 51.4 Å². The number of halogens is 3. The number of H-pyrrole nitrogens is 1. The average molecular weight is 445 g/mol. The first-order valence-electron chi connectivity index (χ1n) is 11.4. The van der Waals surface area contributed by atoms with Crippen LogP contribution in [0.15, 0.2) is 30.7 Å². The van der Waals surface area contributed by atoms with Crippen LogP contribution < -0.4 is 0 Å². The van der Waals surface area contributed by atoms with Gasteiger partial charge >= 0.3 is 6.18 Å². The Balaban J connectivity index is 1.25. The maximum Gasteiger partial charge on any atom is 0.393 e. The fraction of sp³-hybridized carbons (Fsp3) is 0.542. The monoisotopic (exact) mass is 444 g/mol. The van der Waals surface area contributed by atoms with Crippen LogP contribution in [0.3, 0.4) is 0 Å². The molecule has 1 atom stereocenters. The van der Waals surface area contributed by atoms with Crippen molar-refractivity contribution in [3.05, 3.63) is 36.3 Å². The lowest BCUT2D eigenvalue weighted by atomic mass is 9.76. The van der Waals surface area contributed by atoms with E-state index in [1.807, 2.05) is 18.5 Å². The van der Waals surface area contributed by atoms with Gasteiger partial charge in [-0.15, -0.1) is 0 Å². The molecule has 8 heteroatoms. The number of carbonyl (C=O) groups excluding carboxylic acids is 1. The van der Waals surface area contributed by atoms with Gasteiger partial charge in [0.1, 0.15) is 11.4 Å². The molecule has 0 radical (unpaired) electrons. The van der Waals surface area contributed by atoms with E-state index in [0.29, 0.717) is 18.9 Å². The number of fused-ring (bicyclic) bond motifs is 3. The van der Waals surface area contributed by atoms with Gasteiger partial charge in [-0.1, -0.05) is 0 Å². The van der Waals surface area contributed by atoms with Crippen LogP contribution in [0, 0.1) is 11.8 Å². The number of Topliss-reactive ketones (excluding diaryl/α,β-unsaturated/α-hetero) is 1. The predicted octanol–water partition coefficient (Wildman–Crippen LogP) is 5.23. The van der Waals surface area contributed by atoms with Crippen LogP contribution in [0.4, 0.5) is 13.2 Å². The maximum atomic E-state index is 13.1. The van der Waals surface area contributed by atoms with Crippen molar-refractivity contribution in [1.29, 1.82) is 0 Å². The molecular formula is C24H27F3N4O. The molecule has 2 aliphatic rings. The molecule has 4 heterocycles. The van der Waals surface area contributed by atoms with E-state index in [1.54, 1.807) is 11.1 Å². The number of piperidine rings is 1. The van der Waals surface area contributed by atoms with Gasteiger partial charge in [0, 0.05) is 35.6 Å². The number of nitrogens with zero attached hydrogens (tertiary/aromatic N) is 3. The van der Waals surface area contributed by atoms with Gasteiger partial charge in [0.05, 0.1) is 24.2 Å². The Hall–Kier alpha value is -2.48. The van der Waals surface area contributed by atoms with E-state index in [1.165, 1.54) is 5.56 Å². The minimum atomic E-state index is -4.17. The summed E-state index contributed by atoms with van der Waals surface area (Å²) < 4.78 is 39.2. The summed E-state index contributed by atoms with van der Waals surface area (Å²) in [5.41, 5.74) is 2.96. The Labute approximate surface area is 184 Å². The molecule has 0 spiro atoms. The van der Waals surface area contributed by atoms with Gasteiger partial charge in [0.15, 0.2) is 0 Å². The minimum Gasteiger partial charge on any atom is -0.346 e. The van der Waals surface area contributed by atoms with Gasteiger partial charge in [0.2, 0.25) is 0 Å². The van der Waals surface area contributed by atoms with Crippen molar-refractivity contribution in [2.75, 3.05) is 19.6 Å². The number of hydrogen-bond donors (Lipinski definition) is 1. The van der Waals surface area contributed by atoms with Gasteiger partial charge in [-0.05, 0) is 68.7 Å². The topological polar surface area (TPSA) is 61.9 Å². The molecule has 0 aromatic carbocycles. The Morgan fingerprint density at radius 2 is 1.94 bits per heavy atom. The highest BCUT2D eigenvalue weighted by molar-refractivity contribution is 6.05. The van der Waals surface area contributed by atoms with Gasteiger partial charge < -0.3 is 4.98 Å². The minimum absolute atomic E-state index is 0.0473. The first kappa shape index (κ1) is 21.4. The summed E-state index contributed by atoms with van der Waals surface area (Å²) >= 11 is 0. The largest absolute Gasteiger partial charge is 0.393 e. The van der Waals surface area contributed by atoms with Crippen molar-refractivity contribution in [3.63, 3.8) is 0 Å². The molecule has 3 aromatic heterocycles. The van der Waals surface area contributed by atoms with Crippen molar-refractivity contribution in [2.24, 2.45) is 11.8 Å². The second-order valence-electron chi connectivity index (χ2n) is 9.29. The van der Waals surface area contributed by atoms with Crippen molar-refractivity contribution >= 4 is 27.7 Å². The third-order valence-electron chi connectivity index (χ3n) is 7.29. The second kappa shape index (κ2) is 8.46. The van der Waals surface area contributed by atoms with E-state index in [0.717, 1.165) is 47.6 Å². The molecule has 2 fully saturated rings. The molecule has 1 aliphatic carbocycles. The summed E-state index contributed by atoms with van der Waals surface area (Å²) in [5, 5.41) is 2.19. The molecule has 5 nitrogen and oxygen atoms in total. The van der Waals surface area contributed by atoms with E-state index in [9.17, 15) is 18.0 Å². The molecule has 1 aliphatic heterocycles. The molecule has 32 heavy (non-hydrogen) atoms. The van der Waals surface area contributed by atoms with E-state index >= 15 is 0 Å². The van der Waals surface area contributed by atoms with Gasteiger partial charge in [-0.3, -0.25) is 14.7 Å². The molecule has 1 unspecified atom stereocenters. The molecule has 170 valence electrons. The number of ketones is 1. The lowest BCUT2D eigenvalue weighted by Crippen LogP contribution is -2.44. The third kappa shape index (κ3) is 4.12. The summed E-state index contributed by atoms with van der Waals surface area (Å²) in [5.74, 6) is -0.920. The lowest BCUT2D eigenvalue weighted by molar-refractivity contribution is -0.187. The highest BCUT2D eigenvalue weighted by Crippen LogP contribution is 2.40. The number of pyridine rings is 2. The van der Waals surface area contributed by atoms with Crippen LogP contribution in [0.2, 0.25) is 0 Å². The van der Waals surface area contributed by atoms with Gasteiger partial charge in [-0.2, -0.15) is 13.2 Å². The summed E-state index contributed by atoms with van der Waals surface area (Å²) in [4.78, 5) is 26.7. The van der Waals surface area contributed by atoms with E-state index in [4.69, 9.17) is 0 Å². The fourth-order valence-corrected chi connectivity index (χ4v) is 5.56. The molecular weight excluding hydrogens is 417 g/mol. The van der Waals surface area contributed by atoms with Crippen molar-refractivity contribution in [2.45, 2.75) is 50.6 Å². The molecule has 0 amide bonds. The molecule has 3 aromatic rings. The summed E-state index contributed by atoms with van der Waals surface area (Å²) in [6.45, 7) is 0.682. The maximum absolute atomic E-state index is 13.1. The van der Waals surface area contributed by atoms with E-state index in [2.05, 4.69) is 21.0 Å². The Bertz CT molecular complexity index is 1120. The van der Waals surface area contributed by atoms with Crippen LogP contribution in [-0.2, 0) is 4.79 Å². The van der Waals surface area contributed by atoms with Gasteiger partial charge in [0.25, 0.3) is 0 Å². The van der Waals surface area contributed by atoms with Crippen LogP contribution >= 0.6 is 0 Å². The standard InChI is InChI=1S/C24H27F3N4O/c25-24(26,27)17-2-1-11-31(13-17)14-21(32)16-5-3-15(4-6-16)18-7-9-28-20-12-30-23-19(22(18)20)8-10-29-23/h7-10,12,15-17H,1-6,11,13-14H2,(H,29,30). The predicted molar refractivity (Wildman–Crippen MR) is 116 cm³/mol. The number of carbonyl (C=O) groups is 1. The smallest absolute Gasteiger partial charge is 0.346 e. The highest BCUT2D eigenvalue weighted by Gasteiger charge is 2.42. The number of aromatic amines is 1. The first-order chi connectivity index (χ1) is 15.4. The van der Waals surface area contributed by atoms with Crippen LogP contribution in [0.1, 0.15) is 50.0 Å². The van der Waals surface area contributed by atoms with Crippen molar-refractivity contribution < 1.29 is 18.0 Å². The molecule has 1 N–H and O–H groups in total. The number of rotatable bonds is 4. The zero-order valence-corrected chi connectivity index (χ0v) is 17.9. The van der Waals surface area contributed by atoms with E-state index < -0.39 is 12.1 Å². The highest BCUT2D eigenvalue weighted by atomic mass is 19.4. The summed E-state index contributed by atoms with van der Waals surface area (Å²) in [6, 6.07) is 4.10. The zero-order chi connectivity index (χ0) is 22.3. The van der Waals surface area contributed by atoms with E-state index in [-0.39, 0.29) is 31.2 Å². The fourth-order valence-electron chi connectivity index (χ4n) is 5.56. The SMILES string of the molecule is O=C(CN1CCCC(C(F)(F)F)C1)C1CCC(c2ccnc3cnc4[nH]ccc4c23)CC1. The third-order valence-corrected chi connectivity index (χ3v) is 7.29. The Morgan fingerprint density at radius 1 is 1.12 bits per heavy atom. The number of aromatic nitrogens is 3. The summed E-state index contributed by atoms with van der Waals surface area (Å²) in [6.07, 6.45) is 5.36. The Morgan fingerprint density at radius 3 is 2.72 bits per heavy atom. The number of hydrogen-bond acceptors (Lipinski definition) is 4. The number of likely N-dealkylation sites (tertiary alicyclic amines) is 1. The molecule has 5 rings (SSSR count). The summed E-state index contributed by atoms with van der Waals surface area (Å²) in [7, 11) is 0. The molecule has 1 saturated carbocycles. The average Bonchev–Trinajstić information content (AvgIpc) is 3.28. The number of alkyl halides is 3. The van der Waals surface area contributed by atoms with Crippen LogP contribution in [0.5, 0.6) is 0 Å². The lowest BCUT2D eigenvalue weighted by Gasteiger charge is -2.35. The van der Waals surface area contributed by atoms with Gasteiger partial charge in [-0.25, -0.2) is 4.98 Å². The second-order valence-corrected chi connectivity index (χ2v) is 9.29. The normalized spacial score (nSPS) is 25.4. The number of nitrogens with one attached hydrogen (secondary N) is 1. The van der Waals surface area contributed by atoms with Crippen LogP contribution in [0.25, 0.3) is 21.9 Å². The quantitative estimate of drug-likeness (QED) is 0.599. The van der Waals surface area contributed by atoms with Crippen molar-refractivity contribution in [1.82, 2.24) is 19.9 Å². The molecule has 0 bridgehead atoms.